The van der Waals surface area contributed by atoms with Crippen molar-refractivity contribution in [2.45, 2.75) is 108 Å². The number of amides is 3. The van der Waals surface area contributed by atoms with Gasteiger partial charge < -0.3 is 21.1 Å². The van der Waals surface area contributed by atoms with Crippen molar-refractivity contribution in [3.05, 3.63) is 77.9 Å². The van der Waals surface area contributed by atoms with E-state index in [1.54, 1.807) is 6.08 Å². The summed E-state index contributed by atoms with van der Waals surface area (Å²) >= 11 is 0. The van der Waals surface area contributed by atoms with Crippen molar-refractivity contribution in [2.75, 3.05) is 19.3 Å². The molecule has 11 heteroatoms. The number of rotatable bonds is 13. The largest absolute Gasteiger partial charge is 0.390 e. The number of hydrogen-bond acceptors (Lipinski definition) is 7. The van der Waals surface area contributed by atoms with Gasteiger partial charge in [-0.15, -0.1) is 0 Å². The monoisotopic (exact) mass is 708 g/mol. The van der Waals surface area contributed by atoms with Gasteiger partial charge in [0.1, 0.15) is 6.04 Å². The summed E-state index contributed by atoms with van der Waals surface area (Å²) in [7, 11) is -3.86. The SMILES string of the molecule is CC(C)(C)NC(=O)[C@@H]1C[C@@H]2CCCC[C@@H]2CN1C[C@@H](O)[C@H](Cc1ccccc1)NC(=O)[C@@H](NC(=O)/C=C/c1ccccc1)C(C)(C)S(C)(=O)=O. The van der Waals surface area contributed by atoms with E-state index in [-0.39, 0.29) is 18.9 Å². The van der Waals surface area contributed by atoms with Gasteiger partial charge in [0.15, 0.2) is 9.84 Å². The molecule has 6 atom stereocenters. The third-order valence-electron chi connectivity index (χ3n) is 10.2. The average molecular weight is 709 g/mol. The second-order valence-electron chi connectivity index (χ2n) is 15.7. The molecule has 1 saturated heterocycles. The second kappa shape index (κ2) is 16.7. The first kappa shape index (κ1) is 39.2. The van der Waals surface area contributed by atoms with Crippen LogP contribution in [-0.2, 0) is 30.6 Å². The number of likely N-dealkylation sites (tertiary alicyclic amines) is 1. The van der Waals surface area contributed by atoms with Gasteiger partial charge in [-0.3, -0.25) is 19.3 Å². The number of carbonyl (C=O) groups excluding carboxylic acids is 3. The standard InChI is InChI=1S/C39H56N4O6S/c1-38(2,3)42-36(46)32-24-29-19-13-14-20-30(29)25-43(32)26-33(44)31(23-28-17-11-8-12-18-28)40-37(47)35(39(4,5)50(6,48)49)41-34(45)22-21-27-15-9-7-10-16-27/h7-12,15-18,21-22,29-33,35,44H,13-14,19-20,23-26H2,1-6H3,(H,40,47)(H,41,45)(H,42,46)/b22-21+/t29-,30+,31-,32-,33+,35+/m0/s1. The highest BCUT2D eigenvalue weighted by molar-refractivity contribution is 7.92. The highest BCUT2D eigenvalue weighted by Gasteiger charge is 2.46. The molecule has 0 bridgehead atoms. The molecule has 1 heterocycles. The number of nitrogens with zero attached hydrogens (tertiary/aromatic N) is 1. The molecule has 50 heavy (non-hydrogen) atoms. The smallest absolute Gasteiger partial charge is 0.244 e. The minimum atomic E-state index is -3.86. The highest BCUT2D eigenvalue weighted by Crippen LogP contribution is 2.39. The third-order valence-corrected chi connectivity index (χ3v) is 12.4. The van der Waals surface area contributed by atoms with E-state index in [9.17, 15) is 27.9 Å². The number of aliphatic hydroxyl groups is 1. The molecule has 4 rings (SSSR count). The Morgan fingerprint density at radius 3 is 2.12 bits per heavy atom. The molecule has 3 amide bonds. The van der Waals surface area contributed by atoms with Crippen LogP contribution in [0.3, 0.4) is 0 Å². The molecule has 274 valence electrons. The number of hydrogen-bond donors (Lipinski definition) is 4. The topological polar surface area (TPSA) is 145 Å². The van der Waals surface area contributed by atoms with E-state index in [1.165, 1.54) is 19.9 Å². The molecule has 1 aliphatic heterocycles. The number of aliphatic hydroxyl groups excluding tert-OH is 1. The highest BCUT2D eigenvalue weighted by atomic mass is 32.2. The van der Waals surface area contributed by atoms with Gasteiger partial charge in [-0.05, 0) is 82.9 Å². The fourth-order valence-corrected chi connectivity index (χ4v) is 7.70. The number of sulfone groups is 1. The molecule has 1 aliphatic carbocycles. The fourth-order valence-electron chi connectivity index (χ4n) is 7.11. The van der Waals surface area contributed by atoms with Crippen LogP contribution in [0.1, 0.15) is 77.8 Å². The normalized spacial score (nSPS) is 22.2. The predicted octanol–water partition coefficient (Wildman–Crippen LogP) is 3.89. The number of nitrogens with one attached hydrogen (secondary N) is 3. The number of benzene rings is 2. The van der Waals surface area contributed by atoms with Crippen molar-refractivity contribution < 1.29 is 27.9 Å². The van der Waals surface area contributed by atoms with Crippen LogP contribution in [0.4, 0.5) is 0 Å². The Kier molecular flexibility index (Phi) is 13.1. The molecule has 4 N–H and O–H groups in total. The van der Waals surface area contributed by atoms with E-state index < -0.39 is 56.2 Å². The van der Waals surface area contributed by atoms with Gasteiger partial charge in [0, 0.05) is 31.0 Å². The number of fused-ring (bicyclic) bond motifs is 1. The van der Waals surface area contributed by atoms with E-state index in [1.807, 2.05) is 81.4 Å². The lowest BCUT2D eigenvalue weighted by atomic mass is 9.72. The van der Waals surface area contributed by atoms with Crippen molar-refractivity contribution in [2.24, 2.45) is 11.8 Å². The Hall–Kier alpha value is -3.54. The molecule has 1 saturated carbocycles. The summed E-state index contributed by atoms with van der Waals surface area (Å²) in [6, 6.07) is 15.8. The number of β-amino-alcohol motifs (C(OH)–C–C–N with tert-alkyl or cyclic N) is 1. The Labute approximate surface area is 298 Å². The molecule has 0 radical (unpaired) electrons. The van der Waals surface area contributed by atoms with Crippen molar-refractivity contribution in [1.82, 2.24) is 20.9 Å². The van der Waals surface area contributed by atoms with Gasteiger partial charge >= 0.3 is 0 Å². The molecule has 0 unspecified atom stereocenters. The van der Waals surface area contributed by atoms with Crippen LogP contribution in [0.5, 0.6) is 0 Å². The first-order valence-corrected chi connectivity index (χ1v) is 19.7. The maximum Gasteiger partial charge on any atom is 0.244 e. The Morgan fingerprint density at radius 2 is 1.52 bits per heavy atom. The molecule has 2 aromatic carbocycles. The summed E-state index contributed by atoms with van der Waals surface area (Å²) in [4.78, 5) is 43.0. The molecule has 2 aliphatic rings. The first-order chi connectivity index (χ1) is 23.4. The maximum atomic E-state index is 14.2. The Balaban J connectivity index is 1.61. The van der Waals surface area contributed by atoms with Gasteiger partial charge in [-0.25, -0.2) is 8.42 Å². The second-order valence-corrected chi connectivity index (χ2v) is 18.3. The van der Waals surface area contributed by atoms with Crippen LogP contribution in [0.25, 0.3) is 6.08 Å². The van der Waals surface area contributed by atoms with E-state index in [0.717, 1.165) is 43.1 Å². The van der Waals surface area contributed by atoms with E-state index in [0.29, 0.717) is 24.8 Å². The van der Waals surface area contributed by atoms with Gasteiger partial charge in [0.05, 0.1) is 22.9 Å². The van der Waals surface area contributed by atoms with Crippen molar-refractivity contribution in [3.8, 4) is 0 Å². The van der Waals surface area contributed by atoms with Crippen LogP contribution in [-0.4, -0.2) is 90.0 Å². The lowest BCUT2D eigenvalue weighted by molar-refractivity contribution is -0.133. The average Bonchev–Trinajstić information content (AvgIpc) is 3.05. The van der Waals surface area contributed by atoms with Gasteiger partial charge in [0.25, 0.3) is 0 Å². The van der Waals surface area contributed by atoms with Crippen LogP contribution in [0.2, 0.25) is 0 Å². The minimum absolute atomic E-state index is 0.0707. The van der Waals surface area contributed by atoms with Crippen LogP contribution < -0.4 is 16.0 Å². The van der Waals surface area contributed by atoms with E-state index >= 15 is 0 Å². The number of piperidine rings is 1. The summed E-state index contributed by atoms with van der Waals surface area (Å²) in [5, 5.41) is 20.6. The summed E-state index contributed by atoms with van der Waals surface area (Å²) < 4.78 is 24.3. The van der Waals surface area contributed by atoms with Gasteiger partial charge in [-0.1, -0.05) is 79.9 Å². The number of carbonyl (C=O) groups is 3. The molecule has 10 nitrogen and oxygen atoms in total. The summed E-state index contributed by atoms with van der Waals surface area (Å²) in [5.41, 5.74) is 1.21. The van der Waals surface area contributed by atoms with Crippen LogP contribution in [0, 0.1) is 11.8 Å². The molecular formula is C39H56N4O6S. The van der Waals surface area contributed by atoms with Crippen LogP contribution in [0.15, 0.2) is 66.7 Å². The zero-order valence-corrected chi connectivity index (χ0v) is 31.2. The van der Waals surface area contributed by atoms with Crippen molar-refractivity contribution >= 4 is 33.6 Å². The predicted molar refractivity (Wildman–Crippen MR) is 198 cm³/mol. The molecule has 2 aromatic rings. The quantitative estimate of drug-likeness (QED) is 0.231. The zero-order chi connectivity index (χ0) is 36.7. The fraction of sp³-hybridized carbons (Fsp3) is 0.564. The van der Waals surface area contributed by atoms with Crippen molar-refractivity contribution in [3.63, 3.8) is 0 Å². The summed E-state index contributed by atoms with van der Waals surface area (Å²) in [5.74, 6) is -0.551. The summed E-state index contributed by atoms with van der Waals surface area (Å²) in [6.07, 6.45) is 8.21. The molecule has 0 aromatic heterocycles. The Morgan fingerprint density at radius 1 is 0.920 bits per heavy atom. The third kappa shape index (κ3) is 10.7. The van der Waals surface area contributed by atoms with Crippen LogP contribution >= 0.6 is 0 Å². The molecule has 0 spiro atoms. The van der Waals surface area contributed by atoms with Crippen molar-refractivity contribution in [1.29, 1.82) is 0 Å². The molecular weight excluding hydrogens is 653 g/mol. The van der Waals surface area contributed by atoms with E-state index in [2.05, 4.69) is 20.9 Å². The lowest BCUT2D eigenvalue weighted by Crippen LogP contribution is -2.64. The van der Waals surface area contributed by atoms with Gasteiger partial charge in [0.2, 0.25) is 17.7 Å². The molecule has 2 fully saturated rings. The maximum absolute atomic E-state index is 14.2. The lowest BCUT2D eigenvalue weighted by Gasteiger charge is -2.47. The first-order valence-electron chi connectivity index (χ1n) is 17.8. The minimum Gasteiger partial charge on any atom is -0.390 e. The Bertz CT molecular complexity index is 1590. The zero-order valence-electron chi connectivity index (χ0n) is 30.4. The van der Waals surface area contributed by atoms with E-state index in [4.69, 9.17) is 0 Å². The van der Waals surface area contributed by atoms with Gasteiger partial charge in [-0.2, -0.15) is 0 Å². The summed E-state index contributed by atoms with van der Waals surface area (Å²) in [6.45, 7) is 9.47.